The van der Waals surface area contributed by atoms with Crippen LogP contribution in [0, 0.1) is 0 Å². The maximum Gasteiger partial charge on any atom is 0.118 e. The fourth-order valence-corrected chi connectivity index (χ4v) is 1.86. The monoisotopic (exact) mass is 252 g/mol. The van der Waals surface area contributed by atoms with Gasteiger partial charge in [-0.25, -0.2) is 0 Å². The van der Waals surface area contributed by atoms with E-state index in [9.17, 15) is 0 Å². The van der Waals surface area contributed by atoms with Gasteiger partial charge in [-0.05, 0) is 31.0 Å². The summed E-state index contributed by atoms with van der Waals surface area (Å²) < 4.78 is 10.2. The lowest BCUT2D eigenvalue weighted by Crippen LogP contribution is -2.51. The first-order valence-electron chi connectivity index (χ1n) is 6.20. The van der Waals surface area contributed by atoms with Crippen LogP contribution in [-0.2, 0) is 11.2 Å². The largest absolute Gasteiger partial charge is 0.497 e. The van der Waals surface area contributed by atoms with E-state index in [4.69, 9.17) is 15.2 Å². The van der Waals surface area contributed by atoms with Gasteiger partial charge < -0.3 is 20.5 Å². The summed E-state index contributed by atoms with van der Waals surface area (Å²) in [5.41, 5.74) is 7.01. The summed E-state index contributed by atoms with van der Waals surface area (Å²) in [5, 5.41) is 3.44. The van der Waals surface area contributed by atoms with Crippen molar-refractivity contribution in [2.24, 2.45) is 5.73 Å². The third kappa shape index (κ3) is 4.64. The van der Waals surface area contributed by atoms with E-state index in [2.05, 4.69) is 24.4 Å². The van der Waals surface area contributed by atoms with E-state index in [1.807, 2.05) is 12.1 Å². The third-order valence-electron chi connectivity index (χ3n) is 3.06. The summed E-state index contributed by atoms with van der Waals surface area (Å²) in [6, 6.07) is 8.10. The minimum Gasteiger partial charge on any atom is -0.497 e. The quantitative estimate of drug-likeness (QED) is 0.682. The number of methoxy groups -OCH3 is 2. The van der Waals surface area contributed by atoms with Crippen LogP contribution in [0.5, 0.6) is 5.75 Å². The van der Waals surface area contributed by atoms with Crippen molar-refractivity contribution < 1.29 is 9.47 Å². The van der Waals surface area contributed by atoms with Crippen LogP contribution in [0.2, 0.25) is 0 Å². The zero-order valence-electron chi connectivity index (χ0n) is 11.5. The highest BCUT2D eigenvalue weighted by atomic mass is 16.5. The smallest absolute Gasteiger partial charge is 0.118 e. The molecule has 1 aromatic rings. The van der Waals surface area contributed by atoms with Crippen molar-refractivity contribution in [1.29, 1.82) is 0 Å². The number of rotatable bonds is 8. The normalized spacial score (nSPS) is 14.2. The first-order valence-corrected chi connectivity index (χ1v) is 6.20. The van der Waals surface area contributed by atoms with Gasteiger partial charge in [-0.3, -0.25) is 0 Å². The Balaban J connectivity index is 2.59. The summed E-state index contributed by atoms with van der Waals surface area (Å²) >= 11 is 0. The molecule has 0 aliphatic heterocycles. The number of nitrogens with two attached hydrogens (primary N) is 1. The van der Waals surface area contributed by atoms with Crippen LogP contribution in [0.1, 0.15) is 12.5 Å². The standard InChI is InChI=1S/C14H24N2O2/c1-14(11-15,16-8-9-17-2)10-12-4-6-13(18-3)7-5-12/h4-7,16H,8-11,15H2,1-3H3. The molecule has 0 bridgehead atoms. The molecule has 4 heteroatoms. The molecule has 4 nitrogen and oxygen atoms in total. The predicted octanol–water partition coefficient (Wildman–Crippen LogP) is 1.19. The summed E-state index contributed by atoms with van der Waals surface area (Å²) in [5.74, 6) is 0.876. The number of hydrogen-bond donors (Lipinski definition) is 2. The lowest BCUT2D eigenvalue weighted by molar-refractivity contribution is 0.186. The molecule has 0 heterocycles. The Morgan fingerprint density at radius 2 is 1.89 bits per heavy atom. The van der Waals surface area contributed by atoms with E-state index in [0.29, 0.717) is 13.2 Å². The van der Waals surface area contributed by atoms with Gasteiger partial charge in [-0.15, -0.1) is 0 Å². The Morgan fingerprint density at radius 3 is 2.39 bits per heavy atom. The predicted molar refractivity (Wildman–Crippen MR) is 74.0 cm³/mol. The number of benzene rings is 1. The Kier molecular flexibility index (Phi) is 6.12. The molecule has 1 rings (SSSR count). The van der Waals surface area contributed by atoms with E-state index in [0.717, 1.165) is 18.7 Å². The molecule has 0 aromatic heterocycles. The van der Waals surface area contributed by atoms with Gasteiger partial charge in [-0.2, -0.15) is 0 Å². The molecule has 102 valence electrons. The van der Waals surface area contributed by atoms with E-state index in [1.54, 1.807) is 14.2 Å². The Hall–Kier alpha value is -1.10. The lowest BCUT2D eigenvalue weighted by atomic mass is 9.93. The molecular formula is C14H24N2O2. The molecular weight excluding hydrogens is 228 g/mol. The summed E-state index contributed by atoms with van der Waals surface area (Å²) in [4.78, 5) is 0. The molecule has 18 heavy (non-hydrogen) atoms. The fourth-order valence-electron chi connectivity index (χ4n) is 1.86. The zero-order valence-corrected chi connectivity index (χ0v) is 11.5. The molecule has 1 unspecified atom stereocenters. The van der Waals surface area contributed by atoms with Crippen molar-refractivity contribution in [1.82, 2.24) is 5.32 Å². The summed E-state index contributed by atoms with van der Waals surface area (Å²) in [6.07, 6.45) is 0.886. The molecule has 0 aliphatic rings. The lowest BCUT2D eigenvalue weighted by Gasteiger charge is -2.29. The van der Waals surface area contributed by atoms with E-state index >= 15 is 0 Å². The topological polar surface area (TPSA) is 56.5 Å². The van der Waals surface area contributed by atoms with Crippen molar-refractivity contribution >= 4 is 0 Å². The Bertz CT molecular complexity index is 340. The van der Waals surface area contributed by atoms with Gasteiger partial charge in [0.2, 0.25) is 0 Å². The molecule has 0 spiro atoms. The van der Waals surface area contributed by atoms with Crippen LogP contribution < -0.4 is 15.8 Å². The second-order valence-corrected chi connectivity index (χ2v) is 4.71. The van der Waals surface area contributed by atoms with Crippen molar-refractivity contribution in [2.75, 3.05) is 33.9 Å². The van der Waals surface area contributed by atoms with Gasteiger partial charge >= 0.3 is 0 Å². The first-order chi connectivity index (χ1) is 8.63. The van der Waals surface area contributed by atoms with Crippen molar-refractivity contribution in [3.63, 3.8) is 0 Å². The molecule has 1 atom stereocenters. The molecule has 1 aromatic carbocycles. The minimum absolute atomic E-state index is 0.104. The molecule has 0 saturated heterocycles. The van der Waals surface area contributed by atoms with Gasteiger partial charge in [0, 0.05) is 25.7 Å². The van der Waals surface area contributed by atoms with Crippen molar-refractivity contribution in [2.45, 2.75) is 18.9 Å². The molecule has 0 radical (unpaired) electrons. The van der Waals surface area contributed by atoms with Gasteiger partial charge in [0.15, 0.2) is 0 Å². The van der Waals surface area contributed by atoms with Crippen LogP contribution >= 0.6 is 0 Å². The maximum absolute atomic E-state index is 5.87. The second-order valence-electron chi connectivity index (χ2n) is 4.71. The molecule has 0 aliphatic carbocycles. The van der Waals surface area contributed by atoms with Gasteiger partial charge in [0.05, 0.1) is 13.7 Å². The van der Waals surface area contributed by atoms with Crippen molar-refractivity contribution in [3.8, 4) is 5.75 Å². The molecule has 0 amide bonds. The van der Waals surface area contributed by atoms with Gasteiger partial charge in [0.25, 0.3) is 0 Å². The first kappa shape index (κ1) is 15.0. The van der Waals surface area contributed by atoms with Gasteiger partial charge in [0.1, 0.15) is 5.75 Å². The molecule has 0 fully saturated rings. The second kappa shape index (κ2) is 7.36. The van der Waals surface area contributed by atoms with Crippen LogP contribution in [0.4, 0.5) is 0 Å². The van der Waals surface area contributed by atoms with Crippen LogP contribution in [-0.4, -0.2) is 39.5 Å². The summed E-state index contributed by atoms with van der Waals surface area (Å²) in [7, 11) is 3.37. The minimum atomic E-state index is -0.104. The zero-order chi connectivity index (χ0) is 13.4. The van der Waals surface area contributed by atoms with Crippen LogP contribution in [0.25, 0.3) is 0 Å². The highest BCUT2D eigenvalue weighted by Gasteiger charge is 2.21. The fraction of sp³-hybridized carbons (Fsp3) is 0.571. The number of nitrogens with one attached hydrogen (secondary N) is 1. The Labute approximate surface area is 109 Å². The van der Waals surface area contributed by atoms with Crippen molar-refractivity contribution in [3.05, 3.63) is 29.8 Å². The van der Waals surface area contributed by atoms with Gasteiger partial charge in [-0.1, -0.05) is 12.1 Å². The van der Waals surface area contributed by atoms with Crippen LogP contribution in [0.15, 0.2) is 24.3 Å². The molecule has 3 N–H and O–H groups in total. The highest BCUT2D eigenvalue weighted by Crippen LogP contribution is 2.16. The van der Waals surface area contributed by atoms with E-state index < -0.39 is 0 Å². The number of ether oxygens (including phenoxy) is 2. The highest BCUT2D eigenvalue weighted by molar-refractivity contribution is 5.28. The average molecular weight is 252 g/mol. The average Bonchev–Trinajstić information content (AvgIpc) is 2.40. The Morgan fingerprint density at radius 1 is 1.22 bits per heavy atom. The maximum atomic E-state index is 5.87. The third-order valence-corrected chi connectivity index (χ3v) is 3.06. The molecule has 0 saturated carbocycles. The SMILES string of the molecule is COCCNC(C)(CN)Cc1ccc(OC)cc1. The van der Waals surface area contributed by atoms with Crippen LogP contribution in [0.3, 0.4) is 0 Å². The number of hydrogen-bond acceptors (Lipinski definition) is 4. The van der Waals surface area contributed by atoms with E-state index in [-0.39, 0.29) is 5.54 Å². The van der Waals surface area contributed by atoms with E-state index in [1.165, 1.54) is 5.56 Å². The summed E-state index contributed by atoms with van der Waals surface area (Å²) in [6.45, 7) is 4.22.